The Bertz CT molecular complexity index is 1790. The first-order valence-electron chi connectivity index (χ1n) is 15.3. The Labute approximate surface area is 264 Å². The number of benzene rings is 1. The summed E-state index contributed by atoms with van der Waals surface area (Å²) in [4.78, 5) is 34.8. The Hall–Kier alpha value is -4.92. The normalized spacial score (nSPS) is 13.3. The Morgan fingerprint density at radius 1 is 0.844 bits per heavy atom. The number of amides is 1. The van der Waals surface area contributed by atoms with Gasteiger partial charge in [-0.2, -0.15) is 0 Å². The molecule has 0 bridgehead atoms. The molecule has 0 unspecified atom stereocenters. The van der Waals surface area contributed by atoms with Crippen molar-refractivity contribution in [3.8, 4) is 33.5 Å². The topological polar surface area (TPSA) is 84.3 Å². The molecule has 1 saturated heterocycles. The van der Waals surface area contributed by atoms with Crippen LogP contribution in [0.4, 0.5) is 15.0 Å². The van der Waals surface area contributed by atoms with Crippen molar-refractivity contribution in [3.63, 3.8) is 0 Å². The van der Waals surface area contributed by atoms with Crippen molar-refractivity contribution in [3.05, 3.63) is 90.8 Å². The van der Waals surface area contributed by atoms with Crippen molar-refractivity contribution in [2.75, 3.05) is 31.1 Å². The largest absolute Gasteiger partial charge is 0.444 e. The van der Waals surface area contributed by atoms with Crippen LogP contribution in [0.25, 0.3) is 44.5 Å². The van der Waals surface area contributed by atoms with Gasteiger partial charge in [-0.1, -0.05) is 25.5 Å². The summed E-state index contributed by atoms with van der Waals surface area (Å²) in [7, 11) is 0. The van der Waals surface area contributed by atoms with Gasteiger partial charge in [-0.25, -0.2) is 24.1 Å². The maximum Gasteiger partial charge on any atom is 0.410 e. The van der Waals surface area contributed by atoms with E-state index in [9.17, 15) is 9.18 Å². The molecule has 1 aromatic carbocycles. The number of rotatable bonds is 4. The number of pyridine rings is 4. The van der Waals surface area contributed by atoms with E-state index in [0.29, 0.717) is 43.1 Å². The molecular formula is C36H39FN6O2. The Balaban J connectivity index is 0.00000196. The summed E-state index contributed by atoms with van der Waals surface area (Å²) >= 11 is 0. The Morgan fingerprint density at radius 3 is 2.31 bits per heavy atom. The highest BCUT2D eigenvalue weighted by Crippen LogP contribution is 2.34. The van der Waals surface area contributed by atoms with Crippen LogP contribution in [0.15, 0.2) is 79.4 Å². The predicted molar refractivity (Wildman–Crippen MR) is 177 cm³/mol. The highest BCUT2D eigenvalue weighted by Gasteiger charge is 2.26. The lowest BCUT2D eigenvalue weighted by atomic mass is 9.98. The van der Waals surface area contributed by atoms with Gasteiger partial charge < -0.3 is 14.5 Å². The standard InChI is InChI=1S/C34H33FN6O2.C2H6/c1-22-7-9-29(35)28(16-22)30-18-27(26-6-5-11-37-32(26)39-30)25-17-24(19-36-20-25)23-8-10-31(38-21-23)40-12-14-41(15-13-40)33(42)43-34(2,3)4;1-2/h5-11,16-21H,12-15H2,1-4H3;1-2H3. The first kappa shape index (κ1) is 31.5. The van der Waals surface area contributed by atoms with Gasteiger partial charge in [0.15, 0.2) is 5.65 Å². The first-order chi connectivity index (χ1) is 21.6. The molecule has 1 aliphatic heterocycles. The van der Waals surface area contributed by atoms with Crippen LogP contribution in [-0.2, 0) is 4.74 Å². The van der Waals surface area contributed by atoms with E-state index in [1.165, 1.54) is 6.07 Å². The van der Waals surface area contributed by atoms with Crippen LogP contribution in [0, 0.1) is 12.7 Å². The molecule has 4 aromatic heterocycles. The van der Waals surface area contributed by atoms with Gasteiger partial charge in [0.2, 0.25) is 0 Å². The quantitative estimate of drug-likeness (QED) is 0.205. The fourth-order valence-corrected chi connectivity index (χ4v) is 5.20. The van der Waals surface area contributed by atoms with Gasteiger partial charge in [-0.3, -0.25) is 4.98 Å². The van der Waals surface area contributed by atoms with Gasteiger partial charge in [0, 0.05) is 78.6 Å². The van der Waals surface area contributed by atoms with Gasteiger partial charge in [0.25, 0.3) is 0 Å². The lowest BCUT2D eigenvalue weighted by Gasteiger charge is -2.36. The van der Waals surface area contributed by atoms with Crippen molar-refractivity contribution in [1.29, 1.82) is 0 Å². The minimum Gasteiger partial charge on any atom is -0.444 e. The van der Waals surface area contributed by atoms with Crippen LogP contribution >= 0.6 is 0 Å². The third-order valence-corrected chi connectivity index (χ3v) is 7.37. The molecule has 0 radical (unpaired) electrons. The number of anilines is 1. The summed E-state index contributed by atoms with van der Waals surface area (Å²) in [6.45, 7) is 14.1. The van der Waals surface area contributed by atoms with Crippen LogP contribution < -0.4 is 4.90 Å². The maximum atomic E-state index is 14.8. The minimum atomic E-state index is -0.514. The van der Waals surface area contributed by atoms with Crippen molar-refractivity contribution >= 4 is 22.9 Å². The number of fused-ring (bicyclic) bond motifs is 1. The van der Waals surface area contributed by atoms with E-state index in [1.807, 2.05) is 84.3 Å². The molecule has 0 saturated carbocycles. The molecule has 0 N–H and O–H groups in total. The second-order valence-electron chi connectivity index (χ2n) is 11.7. The molecule has 0 spiro atoms. The lowest BCUT2D eigenvalue weighted by molar-refractivity contribution is 0.0240. The summed E-state index contributed by atoms with van der Waals surface area (Å²) < 4.78 is 20.4. The van der Waals surface area contributed by atoms with Gasteiger partial charge in [-0.05, 0) is 81.8 Å². The monoisotopic (exact) mass is 606 g/mol. The fourth-order valence-electron chi connectivity index (χ4n) is 5.20. The Morgan fingerprint density at radius 2 is 1.60 bits per heavy atom. The molecule has 0 aliphatic carbocycles. The number of ether oxygens (including phenoxy) is 1. The summed E-state index contributed by atoms with van der Waals surface area (Å²) in [5, 5.41) is 0.859. The summed E-state index contributed by atoms with van der Waals surface area (Å²) in [6.07, 6.45) is 6.86. The van der Waals surface area contributed by atoms with Gasteiger partial charge in [-0.15, -0.1) is 0 Å². The number of carbonyl (C=O) groups is 1. The predicted octanol–water partition coefficient (Wildman–Crippen LogP) is 7.95. The highest BCUT2D eigenvalue weighted by molar-refractivity contribution is 5.95. The van der Waals surface area contributed by atoms with Crippen LogP contribution in [0.5, 0.6) is 0 Å². The van der Waals surface area contributed by atoms with Crippen molar-refractivity contribution in [2.24, 2.45) is 0 Å². The number of carbonyl (C=O) groups excluding carboxylic acids is 1. The molecule has 5 aromatic rings. The molecule has 1 fully saturated rings. The van der Waals surface area contributed by atoms with E-state index in [1.54, 1.807) is 29.4 Å². The zero-order valence-corrected chi connectivity index (χ0v) is 26.7. The van der Waals surface area contributed by atoms with Crippen molar-refractivity contribution in [2.45, 2.75) is 47.1 Å². The van der Waals surface area contributed by atoms with E-state index in [-0.39, 0.29) is 11.9 Å². The van der Waals surface area contributed by atoms with Gasteiger partial charge >= 0.3 is 6.09 Å². The first-order valence-corrected chi connectivity index (χ1v) is 15.3. The van der Waals surface area contributed by atoms with Gasteiger partial charge in [0.05, 0.1) is 5.69 Å². The zero-order chi connectivity index (χ0) is 32.1. The number of aryl methyl sites for hydroxylation is 1. The molecule has 6 rings (SSSR count). The third-order valence-electron chi connectivity index (χ3n) is 7.37. The van der Waals surface area contributed by atoms with E-state index in [0.717, 1.165) is 39.0 Å². The zero-order valence-electron chi connectivity index (χ0n) is 26.7. The Kier molecular flexibility index (Phi) is 9.37. The number of nitrogens with zero attached hydrogens (tertiary/aromatic N) is 6. The average Bonchev–Trinajstić information content (AvgIpc) is 3.06. The summed E-state index contributed by atoms with van der Waals surface area (Å²) in [6, 6.07) is 16.8. The maximum absolute atomic E-state index is 14.8. The number of hydrogen-bond acceptors (Lipinski definition) is 7. The van der Waals surface area contributed by atoms with E-state index in [2.05, 4.69) is 25.9 Å². The summed E-state index contributed by atoms with van der Waals surface area (Å²) in [5.41, 5.74) is 5.50. The molecule has 45 heavy (non-hydrogen) atoms. The fraction of sp³-hybridized carbons (Fsp3) is 0.306. The van der Waals surface area contributed by atoms with E-state index in [4.69, 9.17) is 9.72 Å². The average molecular weight is 607 g/mol. The minimum absolute atomic E-state index is 0.281. The molecule has 0 atom stereocenters. The van der Waals surface area contributed by atoms with Crippen LogP contribution in [0.1, 0.15) is 40.2 Å². The second-order valence-corrected chi connectivity index (χ2v) is 11.7. The molecule has 1 aliphatic rings. The number of halogens is 1. The van der Waals surface area contributed by atoms with E-state index < -0.39 is 5.60 Å². The highest BCUT2D eigenvalue weighted by atomic mass is 19.1. The molecule has 9 heteroatoms. The molecule has 1 amide bonds. The summed E-state index contributed by atoms with van der Waals surface area (Å²) in [5.74, 6) is 0.524. The second kappa shape index (κ2) is 13.4. The number of aromatic nitrogens is 4. The third kappa shape index (κ3) is 7.25. The van der Waals surface area contributed by atoms with E-state index >= 15 is 0 Å². The van der Waals surface area contributed by atoms with Crippen molar-refractivity contribution in [1.82, 2.24) is 24.8 Å². The molecule has 8 nitrogen and oxygen atoms in total. The van der Waals surface area contributed by atoms with Crippen LogP contribution in [0.3, 0.4) is 0 Å². The smallest absolute Gasteiger partial charge is 0.410 e. The van der Waals surface area contributed by atoms with Crippen molar-refractivity contribution < 1.29 is 13.9 Å². The number of hydrogen-bond donors (Lipinski definition) is 0. The SMILES string of the molecule is CC.Cc1ccc(F)c(-c2cc(-c3cncc(-c4ccc(N5CCN(C(=O)OC(C)(C)C)CC5)nc4)c3)c3cccnc3n2)c1. The van der Waals surface area contributed by atoms with Crippen LogP contribution in [-0.4, -0.2) is 62.7 Å². The molecular weight excluding hydrogens is 567 g/mol. The van der Waals surface area contributed by atoms with Crippen LogP contribution in [0.2, 0.25) is 0 Å². The van der Waals surface area contributed by atoms with Gasteiger partial charge in [0.1, 0.15) is 17.2 Å². The molecule has 232 valence electrons. The molecule has 5 heterocycles. The lowest BCUT2D eigenvalue weighted by Crippen LogP contribution is -2.50. The number of piperazine rings is 1.